The van der Waals surface area contributed by atoms with E-state index < -0.39 is 5.97 Å². The van der Waals surface area contributed by atoms with Crippen molar-refractivity contribution in [2.45, 2.75) is 51.7 Å². The summed E-state index contributed by atoms with van der Waals surface area (Å²) in [5.74, 6) is -0.105. The third-order valence-electron chi connectivity index (χ3n) is 5.78. The summed E-state index contributed by atoms with van der Waals surface area (Å²) in [4.78, 5) is 11.3. The quantitative estimate of drug-likeness (QED) is 0.471. The van der Waals surface area contributed by atoms with Gasteiger partial charge in [-0.25, -0.2) is 4.79 Å². The van der Waals surface area contributed by atoms with E-state index in [0.29, 0.717) is 18.3 Å². The number of carboxylic acids is 1. The lowest BCUT2D eigenvalue weighted by atomic mass is 9.95. The van der Waals surface area contributed by atoms with Crippen LogP contribution in [0.5, 0.6) is 5.75 Å². The molecule has 0 aliphatic heterocycles. The molecular formula is C26H28N2O3. The third kappa shape index (κ3) is 5.23. The van der Waals surface area contributed by atoms with Gasteiger partial charge in [0.15, 0.2) is 0 Å². The molecule has 1 aromatic heterocycles. The number of hydrogen-bond donors (Lipinski definition) is 1. The van der Waals surface area contributed by atoms with Crippen LogP contribution in [0.2, 0.25) is 0 Å². The molecule has 0 atom stereocenters. The van der Waals surface area contributed by atoms with Crippen LogP contribution in [0.25, 0.3) is 17.3 Å². The van der Waals surface area contributed by atoms with E-state index in [9.17, 15) is 9.90 Å². The molecule has 0 saturated heterocycles. The molecule has 1 aliphatic rings. The highest BCUT2D eigenvalue weighted by Gasteiger charge is 2.20. The van der Waals surface area contributed by atoms with Gasteiger partial charge in [0.1, 0.15) is 12.4 Å². The molecule has 1 N–H and O–H groups in total. The summed E-state index contributed by atoms with van der Waals surface area (Å²) in [5.41, 5.74) is 4.17. The van der Waals surface area contributed by atoms with Crippen LogP contribution >= 0.6 is 0 Å². The normalized spacial score (nSPS) is 15.1. The first-order valence-electron chi connectivity index (χ1n) is 10.9. The average molecular weight is 417 g/mol. The molecule has 0 unspecified atom stereocenters. The first-order chi connectivity index (χ1) is 15.1. The molecule has 5 nitrogen and oxygen atoms in total. The lowest BCUT2D eigenvalue weighted by Crippen LogP contribution is -2.15. The second-order valence-electron chi connectivity index (χ2n) is 8.12. The summed E-state index contributed by atoms with van der Waals surface area (Å²) in [7, 11) is 0. The maximum Gasteiger partial charge on any atom is 0.331 e. The minimum atomic E-state index is -0.923. The first kappa shape index (κ1) is 20.9. The zero-order valence-electron chi connectivity index (χ0n) is 17.8. The number of benzene rings is 2. The predicted octanol–water partition coefficient (Wildman–Crippen LogP) is 6.12. The Kier molecular flexibility index (Phi) is 6.51. The van der Waals surface area contributed by atoms with Crippen LogP contribution in [0.3, 0.4) is 0 Å². The monoisotopic (exact) mass is 416 g/mol. The highest BCUT2D eigenvalue weighted by atomic mass is 16.5. The lowest BCUT2D eigenvalue weighted by molar-refractivity contribution is -0.132. The standard InChI is InChI=1S/C26H28N2O3/c1-19(26(29)30)16-22-17-25(28(27-22)23-10-6-3-7-11-23)21-12-14-24(15-13-21)31-18-20-8-4-2-5-9-20/h2,4-5,8-9,12-17,23H,3,6-7,10-11,18H2,1H3,(H,29,30). The molecule has 3 aromatic rings. The Morgan fingerprint density at radius 3 is 2.48 bits per heavy atom. The van der Waals surface area contributed by atoms with Gasteiger partial charge in [-0.1, -0.05) is 49.6 Å². The summed E-state index contributed by atoms with van der Waals surface area (Å²) < 4.78 is 8.01. The molecule has 0 radical (unpaired) electrons. The molecule has 4 rings (SSSR count). The largest absolute Gasteiger partial charge is 0.489 e. The number of carbonyl (C=O) groups is 1. The maximum atomic E-state index is 11.3. The summed E-state index contributed by atoms with van der Waals surface area (Å²) in [6.45, 7) is 2.13. The Hall–Kier alpha value is -3.34. The SMILES string of the molecule is CC(=Cc1cc(-c2ccc(OCc3ccccc3)cc2)n(C2CCCCC2)n1)C(=O)O. The fraction of sp³-hybridized carbons (Fsp3) is 0.308. The predicted molar refractivity (Wildman–Crippen MR) is 122 cm³/mol. The minimum Gasteiger partial charge on any atom is -0.489 e. The van der Waals surface area contributed by atoms with E-state index in [-0.39, 0.29) is 5.57 Å². The Morgan fingerprint density at radius 2 is 1.81 bits per heavy atom. The molecule has 31 heavy (non-hydrogen) atoms. The molecule has 0 amide bonds. The number of hydrogen-bond acceptors (Lipinski definition) is 3. The number of nitrogens with zero attached hydrogens (tertiary/aromatic N) is 2. The Bertz CT molecular complexity index is 1050. The summed E-state index contributed by atoms with van der Waals surface area (Å²) in [5, 5.41) is 14.0. The van der Waals surface area contributed by atoms with Gasteiger partial charge in [-0.15, -0.1) is 0 Å². The maximum absolute atomic E-state index is 11.3. The van der Waals surface area contributed by atoms with Gasteiger partial charge >= 0.3 is 5.97 Å². The van der Waals surface area contributed by atoms with Gasteiger partial charge in [0.05, 0.1) is 17.4 Å². The molecule has 0 bridgehead atoms. The summed E-state index contributed by atoms with van der Waals surface area (Å²) in [6, 6.07) is 20.5. The van der Waals surface area contributed by atoms with E-state index in [1.54, 1.807) is 13.0 Å². The zero-order chi connectivity index (χ0) is 21.6. The number of aliphatic carboxylic acids is 1. The highest BCUT2D eigenvalue weighted by molar-refractivity contribution is 5.91. The van der Waals surface area contributed by atoms with Crippen molar-refractivity contribution in [2.75, 3.05) is 0 Å². The van der Waals surface area contributed by atoms with Crippen LogP contribution in [0.1, 0.15) is 56.3 Å². The van der Waals surface area contributed by atoms with Gasteiger partial charge in [0.25, 0.3) is 0 Å². The molecule has 1 aliphatic carbocycles. The van der Waals surface area contributed by atoms with E-state index in [1.807, 2.05) is 60.7 Å². The van der Waals surface area contributed by atoms with Crippen molar-refractivity contribution in [3.63, 3.8) is 0 Å². The lowest BCUT2D eigenvalue weighted by Gasteiger charge is -2.24. The topological polar surface area (TPSA) is 64.4 Å². The molecule has 2 aromatic carbocycles. The van der Waals surface area contributed by atoms with E-state index in [0.717, 1.165) is 35.4 Å². The third-order valence-corrected chi connectivity index (χ3v) is 5.78. The molecular weight excluding hydrogens is 388 g/mol. The number of carboxylic acid groups (broad SMARTS) is 1. The van der Waals surface area contributed by atoms with Crippen molar-refractivity contribution >= 4 is 12.0 Å². The molecule has 1 heterocycles. The molecule has 1 saturated carbocycles. The van der Waals surface area contributed by atoms with Gasteiger partial charge < -0.3 is 9.84 Å². The van der Waals surface area contributed by atoms with Crippen LogP contribution in [-0.4, -0.2) is 20.9 Å². The van der Waals surface area contributed by atoms with Gasteiger partial charge in [-0.2, -0.15) is 5.10 Å². The Labute approximate surface area is 183 Å². The van der Waals surface area contributed by atoms with E-state index in [4.69, 9.17) is 9.84 Å². The Morgan fingerprint density at radius 1 is 1.10 bits per heavy atom. The van der Waals surface area contributed by atoms with Crippen LogP contribution < -0.4 is 4.74 Å². The van der Waals surface area contributed by atoms with Gasteiger partial charge in [-0.3, -0.25) is 4.68 Å². The summed E-state index contributed by atoms with van der Waals surface area (Å²) in [6.07, 6.45) is 7.53. The van der Waals surface area contributed by atoms with Crippen molar-refractivity contribution in [3.8, 4) is 17.0 Å². The smallest absolute Gasteiger partial charge is 0.331 e. The number of aromatic nitrogens is 2. The number of ether oxygens (including phenoxy) is 1. The van der Waals surface area contributed by atoms with Crippen molar-refractivity contribution in [2.24, 2.45) is 0 Å². The van der Waals surface area contributed by atoms with Crippen LogP contribution in [0.4, 0.5) is 0 Å². The Balaban J connectivity index is 1.58. The van der Waals surface area contributed by atoms with Crippen LogP contribution in [0.15, 0.2) is 66.2 Å². The average Bonchev–Trinajstić information content (AvgIpc) is 3.23. The molecule has 160 valence electrons. The van der Waals surface area contributed by atoms with E-state index in [1.165, 1.54) is 19.3 Å². The van der Waals surface area contributed by atoms with Gasteiger partial charge in [-0.05, 0) is 61.7 Å². The summed E-state index contributed by atoms with van der Waals surface area (Å²) >= 11 is 0. The number of rotatable bonds is 7. The highest BCUT2D eigenvalue weighted by Crippen LogP contribution is 2.33. The fourth-order valence-corrected chi connectivity index (χ4v) is 4.05. The first-order valence-corrected chi connectivity index (χ1v) is 10.9. The molecule has 5 heteroatoms. The van der Waals surface area contributed by atoms with Gasteiger partial charge in [0.2, 0.25) is 0 Å². The van der Waals surface area contributed by atoms with E-state index >= 15 is 0 Å². The van der Waals surface area contributed by atoms with Crippen molar-refractivity contribution in [1.82, 2.24) is 9.78 Å². The second-order valence-corrected chi connectivity index (χ2v) is 8.12. The second kappa shape index (κ2) is 9.65. The fourth-order valence-electron chi connectivity index (χ4n) is 4.05. The van der Waals surface area contributed by atoms with Crippen LogP contribution in [0, 0.1) is 0 Å². The van der Waals surface area contributed by atoms with Gasteiger partial charge in [0, 0.05) is 11.1 Å². The van der Waals surface area contributed by atoms with Crippen molar-refractivity contribution in [1.29, 1.82) is 0 Å². The molecule has 0 spiro atoms. The van der Waals surface area contributed by atoms with E-state index in [2.05, 4.69) is 4.68 Å². The zero-order valence-corrected chi connectivity index (χ0v) is 17.8. The molecule has 1 fully saturated rings. The van der Waals surface area contributed by atoms with Crippen LogP contribution in [-0.2, 0) is 11.4 Å². The van der Waals surface area contributed by atoms with Crippen molar-refractivity contribution < 1.29 is 14.6 Å². The van der Waals surface area contributed by atoms with Crippen molar-refractivity contribution in [3.05, 3.63) is 77.5 Å². The minimum absolute atomic E-state index is 0.282.